The topological polar surface area (TPSA) is 49.4 Å². The van der Waals surface area contributed by atoms with Crippen LogP contribution in [0.1, 0.15) is 18.7 Å². The molecule has 114 valence electrons. The minimum absolute atomic E-state index is 0.367. The van der Waals surface area contributed by atoms with E-state index in [2.05, 4.69) is 5.32 Å². The largest absolute Gasteiger partial charge is 0.312 e. The van der Waals surface area contributed by atoms with E-state index in [1.54, 1.807) is 11.4 Å². The average Bonchev–Trinajstić information content (AvgIpc) is 2.96. The molecule has 0 aliphatic carbocycles. The van der Waals surface area contributed by atoms with E-state index < -0.39 is 10.0 Å². The molecule has 21 heavy (non-hydrogen) atoms. The lowest BCUT2D eigenvalue weighted by Crippen LogP contribution is -2.30. The van der Waals surface area contributed by atoms with Crippen LogP contribution < -0.4 is 9.62 Å². The Kier molecular flexibility index (Phi) is 5.39. The van der Waals surface area contributed by atoms with Crippen molar-refractivity contribution in [3.05, 3.63) is 46.7 Å². The molecule has 0 atom stereocenters. The molecule has 0 unspecified atom stereocenters. The van der Waals surface area contributed by atoms with Crippen molar-refractivity contribution in [1.82, 2.24) is 5.32 Å². The highest BCUT2D eigenvalue weighted by Crippen LogP contribution is 2.26. The summed E-state index contributed by atoms with van der Waals surface area (Å²) in [6.45, 7) is 5.85. The summed E-state index contributed by atoms with van der Waals surface area (Å²) in [6, 6.07) is 11.0. The summed E-state index contributed by atoms with van der Waals surface area (Å²) < 4.78 is 27.0. The van der Waals surface area contributed by atoms with E-state index in [0.717, 1.165) is 11.4 Å². The molecule has 0 spiro atoms. The fraction of sp³-hybridized carbons (Fsp3) is 0.333. The first-order valence-electron chi connectivity index (χ1n) is 6.95. The zero-order valence-electron chi connectivity index (χ0n) is 12.2. The Morgan fingerprint density at radius 2 is 1.90 bits per heavy atom. The van der Waals surface area contributed by atoms with E-state index in [1.165, 1.54) is 15.6 Å². The van der Waals surface area contributed by atoms with Gasteiger partial charge in [-0.15, -0.1) is 11.3 Å². The Morgan fingerprint density at radius 3 is 2.52 bits per heavy atom. The molecular formula is C15H20N2O2S2. The molecule has 0 saturated carbocycles. The second-order valence-electron chi connectivity index (χ2n) is 4.53. The van der Waals surface area contributed by atoms with Crippen LogP contribution in [0.3, 0.4) is 0 Å². The van der Waals surface area contributed by atoms with Gasteiger partial charge in [-0.1, -0.05) is 25.1 Å². The first-order valence-corrected chi connectivity index (χ1v) is 9.27. The minimum Gasteiger partial charge on any atom is -0.312 e. The number of thiophene rings is 1. The zero-order valence-corrected chi connectivity index (χ0v) is 13.9. The monoisotopic (exact) mass is 324 g/mol. The number of rotatable bonds is 7. The van der Waals surface area contributed by atoms with Crippen molar-refractivity contribution in [1.29, 1.82) is 0 Å². The summed E-state index contributed by atoms with van der Waals surface area (Å²) in [4.78, 5) is 1.39. The Bertz CT molecular complexity index is 666. The van der Waals surface area contributed by atoms with Gasteiger partial charge in [0.2, 0.25) is 0 Å². The zero-order chi connectivity index (χ0) is 15.3. The summed E-state index contributed by atoms with van der Waals surface area (Å²) in [5.41, 5.74) is 0.694. The van der Waals surface area contributed by atoms with Crippen molar-refractivity contribution in [2.45, 2.75) is 25.3 Å². The van der Waals surface area contributed by atoms with Gasteiger partial charge >= 0.3 is 0 Å². The van der Waals surface area contributed by atoms with E-state index in [4.69, 9.17) is 0 Å². The smallest absolute Gasteiger partial charge is 0.265 e. The van der Waals surface area contributed by atoms with Gasteiger partial charge < -0.3 is 5.32 Å². The molecule has 0 radical (unpaired) electrons. The SMILES string of the molecule is CCNCc1cc(S(=O)(=O)N(CC)c2ccccc2)cs1. The third-order valence-corrected chi connectivity index (χ3v) is 6.06. The Balaban J connectivity index is 2.29. The van der Waals surface area contributed by atoms with E-state index in [1.807, 2.05) is 44.2 Å². The predicted octanol–water partition coefficient (Wildman–Crippen LogP) is 3.07. The van der Waals surface area contributed by atoms with Crippen LogP contribution in [0, 0.1) is 0 Å². The summed E-state index contributed by atoms with van der Waals surface area (Å²) in [7, 11) is -3.49. The first kappa shape index (κ1) is 16.0. The standard InChI is InChI=1S/C15H20N2O2S2/c1-3-16-11-14-10-15(12-20-14)21(18,19)17(4-2)13-8-6-5-7-9-13/h5-10,12,16H,3-4,11H2,1-2H3. The number of para-hydroxylation sites is 1. The molecule has 2 aromatic rings. The molecule has 1 heterocycles. The van der Waals surface area contributed by atoms with Crippen LogP contribution in [0.15, 0.2) is 46.7 Å². The van der Waals surface area contributed by atoms with Crippen molar-refractivity contribution < 1.29 is 8.42 Å². The third kappa shape index (κ3) is 3.64. The van der Waals surface area contributed by atoms with Crippen LogP contribution >= 0.6 is 11.3 Å². The lowest BCUT2D eigenvalue weighted by molar-refractivity contribution is 0.592. The summed E-state index contributed by atoms with van der Waals surface area (Å²) in [5, 5.41) is 4.92. The molecule has 1 N–H and O–H groups in total. The van der Waals surface area contributed by atoms with Crippen LogP contribution in [0.25, 0.3) is 0 Å². The fourth-order valence-corrected chi connectivity index (χ4v) is 4.76. The summed E-state index contributed by atoms with van der Waals surface area (Å²) in [5.74, 6) is 0. The second-order valence-corrected chi connectivity index (χ2v) is 7.39. The molecular weight excluding hydrogens is 304 g/mol. The van der Waals surface area contributed by atoms with Gasteiger partial charge in [0.15, 0.2) is 0 Å². The molecule has 0 fully saturated rings. The normalized spacial score (nSPS) is 11.5. The quantitative estimate of drug-likeness (QED) is 0.851. The number of sulfonamides is 1. The maximum atomic E-state index is 12.8. The summed E-state index contributed by atoms with van der Waals surface area (Å²) in [6.07, 6.45) is 0. The van der Waals surface area contributed by atoms with Crippen molar-refractivity contribution in [2.75, 3.05) is 17.4 Å². The van der Waals surface area contributed by atoms with Crippen LogP contribution in [0.5, 0.6) is 0 Å². The van der Waals surface area contributed by atoms with Crippen molar-refractivity contribution >= 4 is 27.0 Å². The average molecular weight is 324 g/mol. The van der Waals surface area contributed by atoms with Crippen LogP contribution in [-0.2, 0) is 16.6 Å². The number of hydrogen-bond donors (Lipinski definition) is 1. The van der Waals surface area contributed by atoms with E-state index in [-0.39, 0.29) is 0 Å². The van der Waals surface area contributed by atoms with Crippen LogP contribution in [0.4, 0.5) is 5.69 Å². The molecule has 1 aromatic heterocycles. The maximum absolute atomic E-state index is 12.8. The molecule has 4 nitrogen and oxygen atoms in total. The highest BCUT2D eigenvalue weighted by atomic mass is 32.2. The number of nitrogens with zero attached hydrogens (tertiary/aromatic N) is 1. The molecule has 6 heteroatoms. The number of anilines is 1. The summed E-state index contributed by atoms with van der Waals surface area (Å²) >= 11 is 1.47. The third-order valence-electron chi connectivity index (χ3n) is 3.10. The number of hydrogen-bond acceptors (Lipinski definition) is 4. The highest BCUT2D eigenvalue weighted by Gasteiger charge is 2.24. The van der Waals surface area contributed by atoms with Gasteiger partial charge in [-0.25, -0.2) is 8.42 Å². The minimum atomic E-state index is -3.49. The van der Waals surface area contributed by atoms with E-state index in [9.17, 15) is 8.42 Å². The molecule has 0 bridgehead atoms. The lowest BCUT2D eigenvalue weighted by atomic mass is 10.3. The Hall–Kier alpha value is -1.37. The molecule has 0 amide bonds. The van der Waals surface area contributed by atoms with E-state index in [0.29, 0.717) is 23.7 Å². The molecule has 0 aliphatic heterocycles. The van der Waals surface area contributed by atoms with Crippen LogP contribution in [-0.4, -0.2) is 21.5 Å². The van der Waals surface area contributed by atoms with Gasteiger partial charge in [0.25, 0.3) is 10.0 Å². The highest BCUT2D eigenvalue weighted by molar-refractivity contribution is 7.93. The van der Waals surface area contributed by atoms with Gasteiger partial charge in [-0.2, -0.15) is 0 Å². The van der Waals surface area contributed by atoms with Gasteiger partial charge in [0.1, 0.15) is 0 Å². The Morgan fingerprint density at radius 1 is 1.19 bits per heavy atom. The van der Waals surface area contributed by atoms with Crippen LogP contribution in [0.2, 0.25) is 0 Å². The van der Waals surface area contributed by atoms with E-state index >= 15 is 0 Å². The van der Waals surface area contributed by atoms with Crippen molar-refractivity contribution in [3.8, 4) is 0 Å². The molecule has 2 rings (SSSR count). The van der Waals surface area contributed by atoms with Gasteiger partial charge in [0.05, 0.1) is 10.6 Å². The Labute approximate surface area is 130 Å². The fourth-order valence-electron chi connectivity index (χ4n) is 2.05. The molecule has 0 aliphatic rings. The molecule has 1 aromatic carbocycles. The second kappa shape index (κ2) is 7.06. The predicted molar refractivity (Wildman–Crippen MR) is 88.3 cm³/mol. The molecule has 0 saturated heterocycles. The van der Waals surface area contributed by atoms with Gasteiger partial charge in [0, 0.05) is 23.3 Å². The van der Waals surface area contributed by atoms with Gasteiger partial charge in [-0.05, 0) is 31.7 Å². The van der Waals surface area contributed by atoms with Gasteiger partial charge in [-0.3, -0.25) is 4.31 Å². The first-order chi connectivity index (χ1) is 10.1. The van der Waals surface area contributed by atoms with Crippen molar-refractivity contribution in [2.24, 2.45) is 0 Å². The van der Waals surface area contributed by atoms with Crippen molar-refractivity contribution in [3.63, 3.8) is 0 Å². The lowest BCUT2D eigenvalue weighted by Gasteiger charge is -2.22. The number of benzene rings is 1. The number of nitrogens with one attached hydrogen (secondary N) is 1. The maximum Gasteiger partial charge on any atom is 0.265 e.